The van der Waals surface area contributed by atoms with Crippen molar-refractivity contribution in [2.24, 2.45) is 10.7 Å². The molecule has 3 N–H and O–H groups in total. The van der Waals surface area contributed by atoms with E-state index in [4.69, 9.17) is 40.5 Å². The Morgan fingerprint density at radius 3 is 2.17 bits per heavy atom. The van der Waals surface area contributed by atoms with Crippen LogP contribution in [0.2, 0.25) is 10.0 Å². The van der Waals surface area contributed by atoms with Crippen LogP contribution in [0.4, 0.5) is 11.4 Å². The summed E-state index contributed by atoms with van der Waals surface area (Å²) in [4.78, 5) is 4.09. The molecule has 2 aromatic carbocycles. The van der Waals surface area contributed by atoms with Crippen molar-refractivity contribution in [1.82, 2.24) is 0 Å². The first-order chi connectivity index (χ1) is 10.8. The number of halogens is 3. The zero-order chi connectivity index (χ0) is 17.0. The highest BCUT2D eigenvalue weighted by Gasteiger charge is 2.14. The first-order valence-electron chi connectivity index (χ1n) is 6.28. The lowest BCUT2D eigenvalue weighted by atomic mass is 10.3. The van der Waals surface area contributed by atoms with Crippen molar-refractivity contribution in [3.05, 3.63) is 52.5 Å². The molecule has 0 unspecified atom stereocenters. The summed E-state index contributed by atoms with van der Waals surface area (Å²) in [7, 11) is -3.77. The molecule has 0 aromatic heterocycles. The van der Waals surface area contributed by atoms with E-state index in [0.29, 0.717) is 15.7 Å². The summed E-state index contributed by atoms with van der Waals surface area (Å²) in [5, 5.41) is 0.660. The van der Waals surface area contributed by atoms with Gasteiger partial charge >= 0.3 is 0 Å². The molecule has 0 aliphatic heterocycles. The third-order valence-electron chi connectivity index (χ3n) is 2.67. The maximum Gasteiger partial charge on any atom is 0.261 e. The summed E-state index contributed by atoms with van der Waals surface area (Å²) in [6.07, 6.45) is 0. The van der Waals surface area contributed by atoms with Crippen LogP contribution in [0, 0.1) is 0 Å². The van der Waals surface area contributed by atoms with Crippen LogP contribution < -0.4 is 10.5 Å². The first-order valence-corrected chi connectivity index (χ1v) is 9.05. The lowest BCUT2D eigenvalue weighted by molar-refractivity contribution is 0.601. The normalized spacial score (nSPS) is 12.2. The van der Waals surface area contributed by atoms with Crippen molar-refractivity contribution in [1.29, 1.82) is 0 Å². The number of alkyl halides is 1. The molecule has 9 heteroatoms. The maximum atomic E-state index is 12.3. The Labute approximate surface area is 149 Å². The van der Waals surface area contributed by atoms with Gasteiger partial charge in [0.05, 0.1) is 22.2 Å². The summed E-state index contributed by atoms with van der Waals surface area (Å²) in [6.45, 7) is 0. The molecule has 0 aliphatic rings. The molecule has 2 rings (SSSR count). The van der Waals surface area contributed by atoms with Crippen molar-refractivity contribution < 1.29 is 8.42 Å². The van der Waals surface area contributed by atoms with Gasteiger partial charge in [0, 0.05) is 10.0 Å². The SMILES string of the molecule is NC(CCl)=Nc1ccc(S(=O)(=O)Nc2cc(Cl)cc(Cl)c2)cc1. The van der Waals surface area contributed by atoms with Gasteiger partial charge in [-0.2, -0.15) is 0 Å². The molecule has 23 heavy (non-hydrogen) atoms. The molecule has 0 aliphatic carbocycles. The van der Waals surface area contributed by atoms with Gasteiger partial charge in [-0.05, 0) is 42.5 Å². The number of hydrogen-bond donors (Lipinski definition) is 2. The lowest BCUT2D eigenvalue weighted by Crippen LogP contribution is -2.13. The quantitative estimate of drug-likeness (QED) is 0.458. The fourth-order valence-electron chi connectivity index (χ4n) is 1.72. The highest BCUT2D eigenvalue weighted by Crippen LogP contribution is 2.25. The minimum atomic E-state index is -3.77. The van der Waals surface area contributed by atoms with E-state index in [1.807, 2.05) is 0 Å². The van der Waals surface area contributed by atoms with Gasteiger partial charge in [0.1, 0.15) is 5.84 Å². The second-order valence-electron chi connectivity index (χ2n) is 4.49. The van der Waals surface area contributed by atoms with Crippen LogP contribution in [-0.4, -0.2) is 20.1 Å². The van der Waals surface area contributed by atoms with E-state index < -0.39 is 10.0 Å². The minimum absolute atomic E-state index is 0.0667. The van der Waals surface area contributed by atoms with Crippen LogP contribution in [0.5, 0.6) is 0 Å². The van der Waals surface area contributed by atoms with Crippen LogP contribution in [-0.2, 0) is 10.0 Å². The Balaban J connectivity index is 2.26. The Bertz CT molecular complexity index is 817. The van der Waals surface area contributed by atoms with Crippen LogP contribution in [0.3, 0.4) is 0 Å². The van der Waals surface area contributed by atoms with Crippen molar-refractivity contribution in [3.8, 4) is 0 Å². The Morgan fingerprint density at radius 1 is 1.09 bits per heavy atom. The third-order valence-corrected chi connectivity index (χ3v) is 4.78. The summed E-state index contributed by atoms with van der Waals surface area (Å²) in [5.41, 5.74) is 6.30. The van der Waals surface area contributed by atoms with E-state index in [9.17, 15) is 8.42 Å². The average Bonchev–Trinajstić information content (AvgIpc) is 2.46. The molecular weight excluding hydrogens is 381 g/mol. The molecular formula is C14H12Cl3N3O2S. The smallest absolute Gasteiger partial charge is 0.261 e. The predicted octanol–water partition coefficient (Wildman–Crippen LogP) is 4.02. The van der Waals surface area contributed by atoms with Crippen LogP contribution >= 0.6 is 34.8 Å². The second kappa shape index (κ2) is 7.40. The molecule has 0 heterocycles. The number of nitrogens with two attached hydrogens (primary N) is 1. The van der Waals surface area contributed by atoms with E-state index in [2.05, 4.69) is 9.71 Å². The summed E-state index contributed by atoms with van der Waals surface area (Å²) in [6, 6.07) is 10.3. The van der Waals surface area contributed by atoms with Crippen molar-refractivity contribution in [2.45, 2.75) is 4.90 Å². The molecule has 5 nitrogen and oxygen atoms in total. The zero-order valence-corrected chi connectivity index (χ0v) is 14.7. The number of anilines is 1. The summed E-state index contributed by atoms with van der Waals surface area (Å²) >= 11 is 17.2. The van der Waals surface area contributed by atoms with Crippen LogP contribution in [0.15, 0.2) is 52.4 Å². The van der Waals surface area contributed by atoms with Gasteiger partial charge in [-0.25, -0.2) is 13.4 Å². The Hall–Kier alpha value is -1.47. The highest BCUT2D eigenvalue weighted by molar-refractivity contribution is 7.92. The Kier molecular flexibility index (Phi) is 5.75. The number of rotatable bonds is 5. The molecule has 0 atom stereocenters. The average molecular weight is 393 g/mol. The zero-order valence-electron chi connectivity index (χ0n) is 11.6. The van der Waals surface area contributed by atoms with Crippen LogP contribution in [0.1, 0.15) is 0 Å². The van der Waals surface area contributed by atoms with Gasteiger partial charge < -0.3 is 5.73 Å². The molecule has 0 radical (unpaired) electrons. The van der Waals surface area contributed by atoms with Crippen molar-refractivity contribution >= 4 is 62.0 Å². The minimum Gasteiger partial charge on any atom is -0.386 e. The molecule has 2 aromatic rings. The fraction of sp³-hybridized carbons (Fsp3) is 0.0714. The van der Waals surface area contributed by atoms with Gasteiger partial charge in [0.2, 0.25) is 0 Å². The second-order valence-corrected chi connectivity index (χ2v) is 7.32. The molecule has 122 valence electrons. The lowest BCUT2D eigenvalue weighted by Gasteiger charge is -2.09. The molecule has 0 saturated heterocycles. The molecule has 0 spiro atoms. The number of sulfonamides is 1. The van der Waals surface area contributed by atoms with E-state index in [0.717, 1.165) is 0 Å². The fourth-order valence-corrected chi connectivity index (χ4v) is 3.35. The summed E-state index contributed by atoms with van der Waals surface area (Å²) in [5.74, 6) is 0.339. The third kappa shape index (κ3) is 5.00. The van der Waals surface area contributed by atoms with Crippen molar-refractivity contribution in [3.63, 3.8) is 0 Å². The van der Waals surface area contributed by atoms with Gasteiger partial charge in [-0.3, -0.25) is 4.72 Å². The molecule has 0 amide bonds. The van der Waals surface area contributed by atoms with E-state index in [1.54, 1.807) is 0 Å². The number of nitrogens with zero attached hydrogens (tertiary/aromatic N) is 1. The monoisotopic (exact) mass is 391 g/mol. The largest absolute Gasteiger partial charge is 0.386 e. The predicted molar refractivity (Wildman–Crippen MR) is 95.7 cm³/mol. The number of amidine groups is 1. The van der Waals surface area contributed by atoms with Gasteiger partial charge in [0.15, 0.2) is 0 Å². The van der Waals surface area contributed by atoms with Gasteiger partial charge in [-0.1, -0.05) is 23.2 Å². The molecule has 0 saturated carbocycles. The standard InChI is InChI=1S/C14H12Cl3N3O2S/c15-8-14(18)19-11-1-3-13(4-2-11)23(21,22)20-12-6-9(16)5-10(17)7-12/h1-7,20H,8H2,(H2,18,19). The molecule has 0 fully saturated rings. The summed E-state index contributed by atoms with van der Waals surface area (Å²) < 4.78 is 27.1. The van der Waals surface area contributed by atoms with Gasteiger partial charge in [0.25, 0.3) is 10.0 Å². The first kappa shape index (κ1) is 17.9. The van der Waals surface area contributed by atoms with E-state index >= 15 is 0 Å². The Morgan fingerprint density at radius 2 is 1.65 bits per heavy atom. The highest BCUT2D eigenvalue weighted by atomic mass is 35.5. The van der Waals surface area contributed by atoms with Crippen LogP contribution in [0.25, 0.3) is 0 Å². The topological polar surface area (TPSA) is 84.5 Å². The number of benzene rings is 2. The number of nitrogens with one attached hydrogen (secondary N) is 1. The number of hydrogen-bond acceptors (Lipinski definition) is 3. The maximum absolute atomic E-state index is 12.3. The van der Waals surface area contributed by atoms with E-state index in [1.165, 1.54) is 42.5 Å². The number of aliphatic imine (C=N–C) groups is 1. The molecule has 0 bridgehead atoms. The van der Waals surface area contributed by atoms with E-state index in [-0.39, 0.29) is 22.3 Å². The van der Waals surface area contributed by atoms with Gasteiger partial charge in [-0.15, -0.1) is 11.6 Å². The van der Waals surface area contributed by atoms with Crippen molar-refractivity contribution in [2.75, 3.05) is 10.6 Å².